The summed E-state index contributed by atoms with van der Waals surface area (Å²) in [5, 5.41) is 173. The fraction of sp³-hybridized carbons (Fsp3) is 0.964. The van der Waals surface area contributed by atoms with Gasteiger partial charge >= 0.3 is 0 Å². The topological polar surface area (TPSA) is 388 Å². The van der Waals surface area contributed by atoms with Crippen molar-refractivity contribution in [2.75, 3.05) is 26.4 Å². The van der Waals surface area contributed by atoms with Gasteiger partial charge in [0.15, 0.2) is 18.9 Å². The minimum Gasteiger partial charge on any atom is -0.396 e. The predicted molar refractivity (Wildman–Crippen MR) is 275 cm³/mol. The molecule has 4 saturated carbocycles. The van der Waals surface area contributed by atoms with Crippen LogP contribution in [-0.4, -0.2) is 249 Å². The average molecular weight is 1140 g/mol. The molecule has 0 amide bonds. The van der Waals surface area contributed by atoms with Gasteiger partial charge in [0.25, 0.3) is 0 Å². The van der Waals surface area contributed by atoms with Crippen molar-refractivity contribution in [2.45, 2.75) is 260 Å². The van der Waals surface area contributed by atoms with Gasteiger partial charge in [-0.2, -0.15) is 0 Å². The zero-order chi connectivity index (χ0) is 58.2. The smallest absolute Gasteiger partial charge is 0.187 e. The molecule has 458 valence electrons. The molecule has 23 nitrogen and oxygen atoms in total. The van der Waals surface area contributed by atoms with Gasteiger partial charge in [0.2, 0.25) is 0 Å². The van der Waals surface area contributed by atoms with Crippen molar-refractivity contribution in [1.82, 2.24) is 0 Å². The molecule has 3 unspecified atom stereocenters. The Bertz CT molecular complexity index is 2040. The van der Waals surface area contributed by atoms with E-state index in [-0.39, 0.29) is 60.4 Å². The first-order valence-electron chi connectivity index (χ1n) is 28.9. The molecule has 0 radical (unpaired) electrons. The Morgan fingerprint density at radius 2 is 1.22 bits per heavy atom. The highest BCUT2D eigenvalue weighted by atomic mass is 16.8. The molecule has 0 bridgehead atoms. The quantitative estimate of drug-likeness (QED) is 0.0649. The highest BCUT2D eigenvalue weighted by Crippen LogP contribution is 2.75. The maximum absolute atomic E-state index is 12.7. The summed E-state index contributed by atoms with van der Waals surface area (Å²) < 4.78 is 43.3. The number of hydrogen-bond donors (Lipinski definition) is 16. The molecule has 23 heteroatoms. The second-order valence-corrected chi connectivity index (χ2v) is 26.7. The molecule has 8 rings (SSSR count). The van der Waals surface area contributed by atoms with E-state index in [1.807, 2.05) is 0 Å². The number of ether oxygens (including phenoxy) is 7. The van der Waals surface area contributed by atoms with Crippen molar-refractivity contribution in [1.29, 1.82) is 0 Å². The van der Waals surface area contributed by atoms with Gasteiger partial charge in [0.05, 0.1) is 55.4 Å². The molecule has 8 aliphatic rings. The fourth-order valence-corrected chi connectivity index (χ4v) is 16.4. The summed E-state index contributed by atoms with van der Waals surface area (Å²) in [6.45, 7) is 13.9. The predicted octanol–water partition coefficient (Wildman–Crippen LogP) is -2.18. The molecule has 3 heterocycles. The monoisotopic (exact) mass is 1140 g/mol. The molecule has 3 saturated heterocycles. The van der Waals surface area contributed by atoms with E-state index in [9.17, 15) is 81.7 Å². The SMILES string of the molecule is C[C@H](CC[C@@H](O[C@@H]1O[C@H](CO)[C@@H](O[C@@H]2C[C@H](CO)[C@@H](O)[C@H](O)[C@H]2O)[C@H](O)[C@H]1O[C@@H]1O[C@H](CO)[C@@H](O)[C@H](O)[C@H]1O)C(C)(C)O)C1CC[C@@]2(C)C3CC=C4C(CC[C@H](O[C@@H]5O[C@H](CCO)[C@@H](O)[C@H](O)[C@H]5O)C4(C)C)[C@]3(C)[C@H](O)C[C@]12C. The van der Waals surface area contributed by atoms with Crippen LogP contribution >= 0.6 is 0 Å². The normalized spacial score (nSPS) is 50.9. The second kappa shape index (κ2) is 24.3. The molecule has 5 aliphatic carbocycles. The molecule has 0 aromatic carbocycles. The summed E-state index contributed by atoms with van der Waals surface area (Å²) in [5.41, 5.74) is -1.98. The standard InChI is InChI=1S/C56H96O23/c1-24(26-15-17-54(6)33-12-10-27-28(56(33,8)34(61)20-55(26,54)7)11-14-35(52(27,2)3)77-49-44(69)42(67)38(63)29(74-49)16-18-57)9-13-36(53(4,5)72)78-51-48(79-50-45(70)43(68)40(65)31(22-59)75-50)46(71)47(32(23-60)76-51)73-30-19-25(21-58)37(62)41(66)39(30)64/h10,24-26,28-51,57-72H,9,11-23H2,1-8H3/t24-,25-,26?,28?,29-,30-,31-,32-,33?,34-,35+,36-,37-,38-,39+,40-,41+,42+,43+,44-,45-,46+,47-,48-,49+,50+,51+,54+,55-,56+/m1/s1. The van der Waals surface area contributed by atoms with Crippen molar-refractivity contribution in [3.8, 4) is 0 Å². The van der Waals surface area contributed by atoms with Crippen LogP contribution in [0.1, 0.15) is 120 Å². The van der Waals surface area contributed by atoms with Gasteiger partial charge in [-0.25, -0.2) is 0 Å². The van der Waals surface area contributed by atoms with E-state index in [2.05, 4.69) is 47.6 Å². The zero-order valence-corrected chi connectivity index (χ0v) is 47.1. The number of aliphatic hydroxyl groups is 16. The molecular formula is C56H96O23. The van der Waals surface area contributed by atoms with Crippen molar-refractivity contribution in [2.24, 2.45) is 51.2 Å². The van der Waals surface area contributed by atoms with Crippen LogP contribution in [0.4, 0.5) is 0 Å². The minimum atomic E-state index is -1.94. The maximum atomic E-state index is 12.7. The molecule has 0 aromatic rings. The van der Waals surface area contributed by atoms with Gasteiger partial charge in [0.1, 0.15) is 79.4 Å². The molecule has 0 spiro atoms. The Hall–Kier alpha value is -1.18. The third-order valence-electron chi connectivity index (χ3n) is 21.6. The lowest BCUT2D eigenvalue weighted by molar-refractivity contribution is -0.382. The minimum absolute atomic E-state index is 0.0195. The first-order chi connectivity index (χ1) is 37.0. The van der Waals surface area contributed by atoms with E-state index >= 15 is 0 Å². The lowest BCUT2D eigenvalue weighted by atomic mass is 9.38. The van der Waals surface area contributed by atoms with Gasteiger partial charge in [-0.1, -0.05) is 53.2 Å². The summed E-state index contributed by atoms with van der Waals surface area (Å²) in [6, 6.07) is 0. The highest BCUT2D eigenvalue weighted by molar-refractivity contribution is 5.32. The highest BCUT2D eigenvalue weighted by Gasteiger charge is 2.70. The first-order valence-corrected chi connectivity index (χ1v) is 28.9. The van der Waals surface area contributed by atoms with Crippen LogP contribution in [0.3, 0.4) is 0 Å². The number of rotatable bonds is 18. The largest absolute Gasteiger partial charge is 0.396 e. The van der Waals surface area contributed by atoms with Crippen molar-refractivity contribution < 1.29 is 115 Å². The first kappa shape index (κ1) is 63.8. The molecule has 16 N–H and O–H groups in total. The van der Waals surface area contributed by atoms with Crippen LogP contribution in [-0.2, 0) is 33.2 Å². The Balaban J connectivity index is 0.993. The number of hydrogen-bond acceptors (Lipinski definition) is 23. The van der Waals surface area contributed by atoms with Gasteiger partial charge in [0, 0.05) is 30.0 Å². The number of allylic oxidation sites excluding steroid dienone is 1. The summed E-state index contributed by atoms with van der Waals surface area (Å²) in [7, 11) is 0. The Morgan fingerprint density at radius 1 is 0.620 bits per heavy atom. The Labute approximate surface area is 463 Å². The van der Waals surface area contributed by atoms with E-state index in [0.717, 1.165) is 19.3 Å². The molecular weight excluding hydrogens is 1040 g/mol. The van der Waals surface area contributed by atoms with Crippen molar-refractivity contribution in [3.05, 3.63) is 11.6 Å². The van der Waals surface area contributed by atoms with Gasteiger partial charge < -0.3 is 115 Å². The molecule has 7 fully saturated rings. The zero-order valence-electron chi connectivity index (χ0n) is 47.1. The number of aliphatic hydroxyl groups excluding tert-OH is 15. The molecule has 3 aliphatic heterocycles. The van der Waals surface area contributed by atoms with Crippen molar-refractivity contribution in [3.63, 3.8) is 0 Å². The maximum Gasteiger partial charge on any atom is 0.187 e. The van der Waals surface area contributed by atoms with E-state index in [1.54, 1.807) is 13.8 Å². The van der Waals surface area contributed by atoms with Crippen LogP contribution in [0.5, 0.6) is 0 Å². The van der Waals surface area contributed by atoms with Gasteiger partial charge in [-0.3, -0.25) is 0 Å². The number of fused-ring (bicyclic) bond motifs is 5. The lowest BCUT2D eigenvalue weighted by Crippen LogP contribution is -2.67. The molecule has 30 atom stereocenters. The van der Waals surface area contributed by atoms with E-state index < -0.39 is 177 Å². The van der Waals surface area contributed by atoms with Crippen LogP contribution < -0.4 is 0 Å². The summed E-state index contributed by atoms with van der Waals surface area (Å²) >= 11 is 0. The summed E-state index contributed by atoms with van der Waals surface area (Å²) in [6.07, 6.45) is -24.7. The van der Waals surface area contributed by atoms with Crippen LogP contribution in [0.25, 0.3) is 0 Å². The molecule has 79 heavy (non-hydrogen) atoms. The van der Waals surface area contributed by atoms with Gasteiger partial charge in [-0.15, -0.1) is 0 Å². The van der Waals surface area contributed by atoms with Crippen molar-refractivity contribution >= 4 is 0 Å². The molecule has 0 aromatic heterocycles. The van der Waals surface area contributed by atoms with E-state index in [1.165, 1.54) is 5.57 Å². The second-order valence-electron chi connectivity index (χ2n) is 26.7. The average Bonchev–Trinajstić information content (AvgIpc) is 3.82. The third kappa shape index (κ3) is 11.3. The van der Waals surface area contributed by atoms with Gasteiger partial charge in [-0.05, 0) is 113 Å². The Morgan fingerprint density at radius 3 is 1.82 bits per heavy atom. The fourth-order valence-electron chi connectivity index (χ4n) is 16.4. The van der Waals surface area contributed by atoms with Crippen LogP contribution in [0.2, 0.25) is 0 Å². The lowest BCUT2D eigenvalue weighted by Gasteiger charge is -2.67. The van der Waals surface area contributed by atoms with Crippen LogP contribution in [0.15, 0.2) is 11.6 Å². The Kier molecular flexibility index (Phi) is 19.6. The summed E-state index contributed by atoms with van der Waals surface area (Å²) in [5.74, 6) is -0.659. The van der Waals surface area contributed by atoms with E-state index in [4.69, 9.17) is 33.2 Å². The van der Waals surface area contributed by atoms with E-state index in [0.29, 0.717) is 25.7 Å². The van der Waals surface area contributed by atoms with Crippen LogP contribution in [0, 0.1) is 51.2 Å². The third-order valence-corrected chi connectivity index (χ3v) is 21.6. The summed E-state index contributed by atoms with van der Waals surface area (Å²) in [4.78, 5) is 0.